The van der Waals surface area contributed by atoms with Gasteiger partial charge in [-0.15, -0.1) is 0 Å². The van der Waals surface area contributed by atoms with E-state index in [1.54, 1.807) is 31.3 Å². The van der Waals surface area contributed by atoms with Gasteiger partial charge in [-0.3, -0.25) is 9.59 Å². The number of para-hydroxylation sites is 1. The molecule has 1 aromatic carbocycles. The molecule has 1 atom stereocenters. The van der Waals surface area contributed by atoms with E-state index in [1.165, 1.54) is 19.9 Å². The first-order valence-corrected chi connectivity index (χ1v) is 8.98. The molecule has 5 nitrogen and oxygen atoms in total. The second-order valence-corrected chi connectivity index (χ2v) is 7.16. The van der Waals surface area contributed by atoms with Crippen LogP contribution in [-0.2, 0) is 11.3 Å². The number of ketones is 1. The lowest BCUT2D eigenvalue weighted by atomic mass is 10.1. The number of likely N-dealkylation sites (N-methyl/N-ethyl adjacent to an activating group) is 1. The van der Waals surface area contributed by atoms with E-state index in [1.807, 2.05) is 0 Å². The second kappa shape index (κ2) is 8.79. The Morgan fingerprint density at radius 2 is 1.82 bits per heavy atom. The molecule has 2 N–H and O–H groups in total. The van der Waals surface area contributed by atoms with Crippen LogP contribution >= 0.6 is 11.6 Å². The van der Waals surface area contributed by atoms with Crippen molar-refractivity contribution in [2.45, 2.75) is 26.6 Å². The number of anilines is 1. The van der Waals surface area contributed by atoms with Crippen LogP contribution in [0, 0.1) is 13.8 Å². The molecule has 2 aromatic rings. The van der Waals surface area contributed by atoms with Crippen LogP contribution in [-0.4, -0.2) is 42.6 Å². The third-order valence-electron chi connectivity index (χ3n) is 4.28. The highest BCUT2D eigenvalue weighted by atomic mass is 35.5. The summed E-state index contributed by atoms with van der Waals surface area (Å²) in [6.45, 7) is 1.87. The molecule has 1 heterocycles. The van der Waals surface area contributed by atoms with Crippen molar-refractivity contribution in [1.82, 2.24) is 4.57 Å². The molecular weight excluding hydrogens is 395 g/mol. The fourth-order valence-corrected chi connectivity index (χ4v) is 3.15. The summed E-state index contributed by atoms with van der Waals surface area (Å²) >= 11 is 5.99. The highest BCUT2D eigenvalue weighted by Gasteiger charge is 2.30. The van der Waals surface area contributed by atoms with Crippen LogP contribution in [0.25, 0.3) is 0 Å². The predicted molar refractivity (Wildman–Crippen MR) is 101 cm³/mol. The molecule has 0 spiro atoms. The number of carbonyl (C=O) groups excluding carboxylic acids is 2. The molecule has 152 valence electrons. The van der Waals surface area contributed by atoms with Crippen LogP contribution in [0.15, 0.2) is 30.3 Å². The molecule has 2 rings (SSSR count). The Morgan fingerprint density at radius 3 is 2.43 bits per heavy atom. The fraction of sp³-hybridized carbons (Fsp3) is 0.368. The van der Waals surface area contributed by atoms with Gasteiger partial charge in [-0.2, -0.15) is 13.2 Å². The molecule has 0 saturated heterocycles. The van der Waals surface area contributed by atoms with Gasteiger partial charge in [-0.25, -0.2) is 0 Å². The van der Waals surface area contributed by atoms with Gasteiger partial charge in [0.15, 0.2) is 6.54 Å². The Kier molecular flexibility index (Phi) is 6.90. The number of quaternary nitrogens is 1. The minimum atomic E-state index is -4.37. The van der Waals surface area contributed by atoms with Gasteiger partial charge in [0.2, 0.25) is 5.78 Å². The summed E-state index contributed by atoms with van der Waals surface area (Å²) < 4.78 is 39.2. The van der Waals surface area contributed by atoms with E-state index in [0.717, 1.165) is 4.57 Å². The van der Waals surface area contributed by atoms with Crippen molar-refractivity contribution in [3.05, 3.63) is 52.3 Å². The Balaban J connectivity index is 2.00. The first kappa shape index (κ1) is 22.0. The molecular formula is C19H22ClF3N3O2+. The van der Waals surface area contributed by atoms with Gasteiger partial charge in [-0.1, -0.05) is 23.7 Å². The minimum absolute atomic E-state index is 0.0122. The summed E-state index contributed by atoms with van der Waals surface area (Å²) in [6.07, 6.45) is -4.37. The normalized spacial score (nSPS) is 12.7. The van der Waals surface area contributed by atoms with E-state index in [4.69, 9.17) is 11.6 Å². The van der Waals surface area contributed by atoms with Crippen LogP contribution < -0.4 is 10.2 Å². The number of hydrogen-bond acceptors (Lipinski definition) is 2. The monoisotopic (exact) mass is 416 g/mol. The summed E-state index contributed by atoms with van der Waals surface area (Å²) in [5.41, 5.74) is 1.36. The van der Waals surface area contributed by atoms with Gasteiger partial charge in [0.05, 0.1) is 17.8 Å². The molecule has 0 bridgehead atoms. The molecule has 9 heteroatoms. The molecule has 1 amide bonds. The Bertz CT molecular complexity index is 878. The van der Waals surface area contributed by atoms with Gasteiger partial charge >= 0.3 is 6.18 Å². The maximum Gasteiger partial charge on any atom is 0.406 e. The van der Waals surface area contributed by atoms with Crippen molar-refractivity contribution in [3.8, 4) is 0 Å². The lowest BCUT2D eigenvalue weighted by Crippen LogP contribution is -3.11. The Labute approximate surface area is 166 Å². The van der Waals surface area contributed by atoms with Crippen molar-refractivity contribution in [3.63, 3.8) is 0 Å². The maximum atomic E-state index is 12.7. The van der Waals surface area contributed by atoms with Crippen LogP contribution in [0.4, 0.5) is 18.9 Å². The van der Waals surface area contributed by atoms with E-state index in [9.17, 15) is 22.8 Å². The highest BCUT2D eigenvalue weighted by Crippen LogP contribution is 2.23. The predicted octanol–water partition coefficient (Wildman–Crippen LogP) is 2.66. The number of amides is 1. The number of alkyl halides is 3. The van der Waals surface area contributed by atoms with Gasteiger partial charge in [0, 0.05) is 17.0 Å². The number of aryl methyl sites for hydroxylation is 1. The number of Topliss-reactive ketones (excluding diaryl/α,β-unsaturated/α-hetero) is 1. The molecule has 0 aliphatic heterocycles. The molecule has 1 unspecified atom stereocenters. The number of rotatable bonds is 7. The van der Waals surface area contributed by atoms with Crippen LogP contribution in [0.5, 0.6) is 0 Å². The van der Waals surface area contributed by atoms with E-state index in [-0.39, 0.29) is 36.0 Å². The van der Waals surface area contributed by atoms with Gasteiger partial charge in [0.1, 0.15) is 13.1 Å². The lowest BCUT2D eigenvalue weighted by Gasteiger charge is -2.14. The van der Waals surface area contributed by atoms with Gasteiger partial charge in [0.25, 0.3) is 5.91 Å². The van der Waals surface area contributed by atoms with Gasteiger partial charge in [-0.05, 0) is 32.0 Å². The number of carbonyl (C=O) groups is 2. The summed E-state index contributed by atoms with van der Waals surface area (Å²) in [5.74, 6) is -0.634. The highest BCUT2D eigenvalue weighted by molar-refractivity contribution is 6.33. The van der Waals surface area contributed by atoms with Crippen LogP contribution in [0.3, 0.4) is 0 Å². The van der Waals surface area contributed by atoms with Crippen LogP contribution in [0.1, 0.15) is 21.7 Å². The third kappa shape index (κ3) is 5.84. The molecule has 28 heavy (non-hydrogen) atoms. The molecule has 0 saturated carbocycles. The largest absolute Gasteiger partial charge is 0.406 e. The number of aromatic nitrogens is 1. The number of hydrogen-bond donors (Lipinski definition) is 2. The zero-order valence-electron chi connectivity index (χ0n) is 15.8. The number of nitrogens with zero attached hydrogens (tertiary/aromatic N) is 1. The minimum Gasteiger partial charge on any atom is -0.339 e. The first-order valence-electron chi connectivity index (χ1n) is 8.60. The summed E-state index contributed by atoms with van der Waals surface area (Å²) in [4.78, 5) is 25.3. The summed E-state index contributed by atoms with van der Waals surface area (Å²) in [5, 5.41) is 3.08. The average molecular weight is 417 g/mol. The van der Waals surface area contributed by atoms with Crippen molar-refractivity contribution >= 4 is 29.0 Å². The molecule has 0 aliphatic rings. The van der Waals surface area contributed by atoms with E-state index < -0.39 is 12.7 Å². The topological polar surface area (TPSA) is 55.5 Å². The molecule has 0 aliphatic carbocycles. The standard InChI is InChI=1S/C19H21ClF3N3O2/c1-12-8-14(13(2)26(12)11-19(21,22)23)17(27)9-25(3)10-18(28)24-16-7-5-4-6-15(16)20/h4-8H,9-11H2,1-3H3,(H,24,28)/p+1. The summed E-state index contributed by atoms with van der Waals surface area (Å²) in [6, 6.07) is 8.24. The third-order valence-corrected chi connectivity index (χ3v) is 4.61. The van der Waals surface area contributed by atoms with Crippen molar-refractivity contribution in [2.24, 2.45) is 0 Å². The number of benzene rings is 1. The van der Waals surface area contributed by atoms with Crippen molar-refractivity contribution in [2.75, 3.05) is 25.5 Å². The Hall–Kier alpha value is -2.32. The SMILES string of the molecule is Cc1cc(C(=O)C[NH+](C)CC(=O)Nc2ccccc2Cl)c(C)n1CC(F)(F)F. The molecule has 0 fully saturated rings. The fourth-order valence-electron chi connectivity index (χ4n) is 2.97. The van der Waals surface area contributed by atoms with E-state index >= 15 is 0 Å². The average Bonchev–Trinajstić information content (AvgIpc) is 2.83. The van der Waals surface area contributed by atoms with E-state index in [2.05, 4.69) is 5.32 Å². The second-order valence-electron chi connectivity index (χ2n) is 6.75. The molecule has 1 aromatic heterocycles. The van der Waals surface area contributed by atoms with Crippen molar-refractivity contribution in [1.29, 1.82) is 0 Å². The Morgan fingerprint density at radius 1 is 1.18 bits per heavy atom. The van der Waals surface area contributed by atoms with Crippen LogP contribution in [0.2, 0.25) is 5.02 Å². The quantitative estimate of drug-likeness (QED) is 0.682. The van der Waals surface area contributed by atoms with Crippen molar-refractivity contribution < 1.29 is 27.7 Å². The first-order chi connectivity index (χ1) is 13.0. The molecule has 0 radical (unpaired) electrons. The maximum absolute atomic E-state index is 12.7. The number of halogens is 4. The smallest absolute Gasteiger partial charge is 0.339 e. The lowest BCUT2D eigenvalue weighted by molar-refractivity contribution is -0.861. The van der Waals surface area contributed by atoms with Gasteiger partial charge < -0.3 is 14.8 Å². The summed E-state index contributed by atoms with van der Waals surface area (Å²) in [7, 11) is 1.67. The zero-order chi connectivity index (χ0) is 21.1. The van der Waals surface area contributed by atoms with E-state index in [0.29, 0.717) is 21.3 Å². The number of nitrogens with one attached hydrogen (secondary N) is 2. The zero-order valence-corrected chi connectivity index (χ0v) is 16.5.